The van der Waals surface area contributed by atoms with Crippen molar-refractivity contribution in [1.82, 2.24) is 19.7 Å². The topological polar surface area (TPSA) is 81.9 Å². The average Bonchev–Trinajstić information content (AvgIpc) is 3.30. The molecule has 0 unspecified atom stereocenters. The van der Waals surface area contributed by atoms with E-state index >= 15 is 0 Å². The summed E-state index contributed by atoms with van der Waals surface area (Å²) in [6.45, 7) is 3.88. The summed E-state index contributed by atoms with van der Waals surface area (Å²) in [5.74, 6) is 2.07. The fourth-order valence-corrected chi connectivity index (χ4v) is 2.92. The molecule has 1 N–H and O–H groups in total. The highest BCUT2D eigenvalue weighted by atomic mass is 16.5. The van der Waals surface area contributed by atoms with Crippen LogP contribution < -0.4 is 10.1 Å². The summed E-state index contributed by atoms with van der Waals surface area (Å²) >= 11 is 0. The molecule has 0 saturated carbocycles. The van der Waals surface area contributed by atoms with Crippen molar-refractivity contribution in [3.63, 3.8) is 0 Å². The lowest BCUT2D eigenvalue weighted by Gasteiger charge is -2.09. The summed E-state index contributed by atoms with van der Waals surface area (Å²) in [5, 5.41) is 7.07. The number of carbonyl (C=O) groups is 1. The van der Waals surface area contributed by atoms with Crippen LogP contribution in [-0.2, 0) is 6.42 Å². The Hall–Kier alpha value is -4.00. The zero-order chi connectivity index (χ0) is 20.9. The number of anilines is 1. The third kappa shape index (κ3) is 4.52. The van der Waals surface area contributed by atoms with Crippen LogP contribution in [0, 0.1) is 6.92 Å². The van der Waals surface area contributed by atoms with Gasteiger partial charge in [-0.2, -0.15) is 10.1 Å². The van der Waals surface area contributed by atoms with Crippen LogP contribution in [0.15, 0.2) is 73.1 Å². The molecule has 0 spiro atoms. The predicted octanol–water partition coefficient (Wildman–Crippen LogP) is 4.58. The van der Waals surface area contributed by atoms with Crippen LogP contribution in [0.1, 0.15) is 28.7 Å². The van der Waals surface area contributed by atoms with E-state index in [9.17, 15) is 4.79 Å². The van der Waals surface area contributed by atoms with Crippen molar-refractivity contribution in [2.45, 2.75) is 20.3 Å². The zero-order valence-electron chi connectivity index (χ0n) is 16.7. The van der Waals surface area contributed by atoms with Crippen molar-refractivity contribution >= 4 is 11.6 Å². The number of aryl methyl sites for hydroxylation is 2. The first-order valence-electron chi connectivity index (χ1n) is 9.64. The minimum absolute atomic E-state index is 0.151. The number of aromatic nitrogens is 4. The summed E-state index contributed by atoms with van der Waals surface area (Å²) in [6.07, 6.45) is 4.43. The van der Waals surface area contributed by atoms with E-state index in [1.54, 1.807) is 54.3 Å². The number of amides is 1. The van der Waals surface area contributed by atoms with Gasteiger partial charge in [-0.05, 0) is 61.4 Å². The zero-order valence-corrected chi connectivity index (χ0v) is 16.7. The number of hydrogen-bond donors (Lipinski definition) is 1. The van der Waals surface area contributed by atoms with Crippen molar-refractivity contribution in [2.75, 3.05) is 5.32 Å². The van der Waals surface area contributed by atoms with E-state index in [4.69, 9.17) is 4.74 Å². The van der Waals surface area contributed by atoms with Gasteiger partial charge < -0.3 is 10.1 Å². The number of benzene rings is 2. The van der Waals surface area contributed by atoms with Gasteiger partial charge in [0, 0.05) is 29.7 Å². The summed E-state index contributed by atoms with van der Waals surface area (Å²) in [6, 6.07) is 18.3. The lowest BCUT2D eigenvalue weighted by atomic mass is 10.1. The maximum atomic E-state index is 12.4. The fourth-order valence-electron chi connectivity index (χ4n) is 2.92. The Bertz CT molecular complexity index is 1140. The Balaban J connectivity index is 1.44. The van der Waals surface area contributed by atoms with Crippen molar-refractivity contribution in [3.05, 3.63) is 90.0 Å². The van der Waals surface area contributed by atoms with Crippen LogP contribution in [0.4, 0.5) is 5.69 Å². The fraction of sp³-hybridized carbons (Fsp3) is 0.130. The van der Waals surface area contributed by atoms with Gasteiger partial charge in [0.1, 0.15) is 11.6 Å². The third-order valence-corrected chi connectivity index (χ3v) is 4.50. The monoisotopic (exact) mass is 399 g/mol. The van der Waals surface area contributed by atoms with E-state index in [0.717, 1.165) is 6.42 Å². The van der Waals surface area contributed by atoms with Crippen molar-refractivity contribution in [2.24, 2.45) is 0 Å². The summed E-state index contributed by atoms with van der Waals surface area (Å²) in [5.41, 5.74) is 2.50. The molecule has 4 rings (SSSR count). The molecule has 150 valence electrons. The second-order valence-corrected chi connectivity index (χ2v) is 6.69. The molecule has 1 amide bonds. The maximum Gasteiger partial charge on any atom is 0.255 e. The van der Waals surface area contributed by atoms with Gasteiger partial charge >= 0.3 is 0 Å². The molecule has 0 saturated heterocycles. The van der Waals surface area contributed by atoms with Gasteiger partial charge in [0.15, 0.2) is 5.82 Å². The van der Waals surface area contributed by atoms with Crippen LogP contribution in [0.25, 0.3) is 5.82 Å². The number of nitrogens with zero attached hydrogens (tertiary/aromatic N) is 4. The van der Waals surface area contributed by atoms with Gasteiger partial charge in [0.2, 0.25) is 5.88 Å². The Morgan fingerprint density at radius 1 is 1.07 bits per heavy atom. The van der Waals surface area contributed by atoms with E-state index in [1.165, 1.54) is 5.56 Å². The minimum Gasteiger partial charge on any atom is -0.439 e. The molecule has 0 aliphatic heterocycles. The van der Waals surface area contributed by atoms with Gasteiger partial charge in [-0.1, -0.05) is 19.1 Å². The molecule has 0 fully saturated rings. The standard InChI is InChI=1S/C23H21N5O2/c1-3-17-5-7-18(8-6-17)23(29)27-19-9-11-20(12-10-19)30-22-15-21(25-16(2)26-22)28-14-4-13-24-28/h4-15H,3H2,1-2H3,(H,27,29). The van der Waals surface area contributed by atoms with Gasteiger partial charge in [-0.15, -0.1) is 0 Å². The van der Waals surface area contributed by atoms with Gasteiger partial charge in [0.05, 0.1) is 0 Å². The highest BCUT2D eigenvalue weighted by Gasteiger charge is 2.08. The molecule has 2 aromatic heterocycles. The van der Waals surface area contributed by atoms with E-state index < -0.39 is 0 Å². The summed E-state index contributed by atoms with van der Waals surface area (Å²) in [7, 11) is 0. The molecular weight excluding hydrogens is 378 g/mol. The highest BCUT2D eigenvalue weighted by Crippen LogP contribution is 2.23. The van der Waals surface area contributed by atoms with Crippen LogP contribution in [0.5, 0.6) is 11.6 Å². The summed E-state index contributed by atoms with van der Waals surface area (Å²) in [4.78, 5) is 21.1. The number of ether oxygens (including phenoxy) is 1. The number of rotatable bonds is 6. The smallest absolute Gasteiger partial charge is 0.255 e. The average molecular weight is 399 g/mol. The van der Waals surface area contributed by atoms with Crippen molar-refractivity contribution < 1.29 is 9.53 Å². The molecule has 2 aromatic carbocycles. The maximum absolute atomic E-state index is 12.4. The van der Waals surface area contributed by atoms with Crippen LogP contribution >= 0.6 is 0 Å². The first-order chi connectivity index (χ1) is 14.6. The predicted molar refractivity (Wildman–Crippen MR) is 114 cm³/mol. The van der Waals surface area contributed by atoms with E-state index in [-0.39, 0.29) is 5.91 Å². The first-order valence-corrected chi connectivity index (χ1v) is 9.64. The molecule has 4 aromatic rings. The molecule has 7 nitrogen and oxygen atoms in total. The third-order valence-electron chi connectivity index (χ3n) is 4.50. The summed E-state index contributed by atoms with van der Waals surface area (Å²) < 4.78 is 7.51. The molecule has 2 heterocycles. The van der Waals surface area contributed by atoms with E-state index in [1.807, 2.05) is 30.3 Å². The number of hydrogen-bond acceptors (Lipinski definition) is 5. The molecular formula is C23H21N5O2. The molecule has 0 aliphatic carbocycles. The SMILES string of the molecule is CCc1ccc(C(=O)Nc2ccc(Oc3cc(-n4cccn4)nc(C)n3)cc2)cc1. The molecule has 0 radical (unpaired) electrons. The number of nitrogens with one attached hydrogen (secondary N) is 1. The highest BCUT2D eigenvalue weighted by molar-refractivity contribution is 6.04. The minimum atomic E-state index is -0.151. The largest absolute Gasteiger partial charge is 0.439 e. The lowest BCUT2D eigenvalue weighted by Crippen LogP contribution is -2.11. The normalized spacial score (nSPS) is 10.6. The Kier molecular flexibility index (Phi) is 5.52. The van der Waals surface area contributed by atoms with Gasteiger partial charge in [-0.25, -0.2) is 9.67 Å². The molecule has 0 bridgehead atoms. The molecule has 0 atom stereocenters. The second-order valence-electron chi connectivity index (χ2n) is 6.69. The quantitative estimate of drug-likeness (QED) is 0.513. The Labute approximate surface area is 174 Å². The lowest BCUT2D eigenvalue weighted by molar-refractivity contribution is 0.102. The van der Waals surface area contributed by atoms with Crippen molar-refractivity contribution in [3.8, 4) is 17.4 Å². The van der Waals surface area contributed by atoms with Gasteiger partial charge in [-0.3, -0.25) is 4.79 Å². The Morgan fingerprint density at radius 2 is 1.83 bits per heavy atom. The van der Waals surface area contributed by atoms with E-state index in [0.29, 0.717) is 34.5 Å². The molecule has 0 aliphatic rings. The van der Waals surface area contributed by atoms with Crippen LogP contribution in [0.3, 0.4) is 0 Å². The first kappa shape index (κ1) is 19.3. The Morgan fingerprint density at radius 3 is 2.50 bits per heavy atom. The number of carbonyl (C=O) groups excluding carboxylic acids is 1. The van der Waals surface area contributed by atoms with Crippen LogP contribution in [0.2, 0.25) is 0 Å². The molecule has 30 heavy (non-hydrogen) atoms. The van der Waals surface area contributed by atoms with Gasteiger partial charge in [0.25, 0.3) is 5.91 Å². The van der Waals surface area contributed by atoms with Crippen LogP contribution in [-0.4, -0.2) is 25.7 Å². The van der Waals surface area contributed by atoms with E-state index in [2.05, 4.69) is 27.3 Å². The van der Waals surface area contributed by atoms with Crippen molar-refractivity contribution in [1.29, 1.82) is 0 Å². The second kappa shape index (κ2) is 8.57. The molecule has 7 heteroatoms.